The van der Waals surface area contributed by atoms with Crippen molar-refractivity contribution in [2.45, 2.75) is 65.6 Å². The first-order valence-corrected chi connectivity index (χ1v) is 8.56. The highest BCUT2D eigenvalue weighted by molar-refractivity contribution is 5.94. The second-order valence-corrected chi connectivity index (χ2v) is 7.40. The van der Waals surface area contributed by atoms with Crippen LogP contribution in [-0.4, -0.2) is 35.1 Å². The molecule has 1 saturated heterocycles. The molecule has 6 heteroatoms. The molecule has 0 bridgehead atoms. The highest BCUT2D eigenvalue weighted by Crippen LogP contribution is 2.28. The van der Waals surface area contributed by atoms with E-state index in [-0.39, 0.29) is 18.5 Å². The normalized spacial score (nSPS) is 21.0. The van der Waals surface area contributed by atoms with Crippen LogP contribution in [0.25, 0.3) is 0 Å². The largest absolute Gasteiger partial charge is 0.467 e. The SMILES string of the molecule is CC[C@H]1[C@H](C)CCN1C(=O)c1coc(CNC(=O)OC(C)(C)C)c1. The van der Waals surface area contributed by atoms with Gasteiger partial charge in [-0.15, -0.1) is 0 Å². The molecule has 0 unspecified atom stereocenters. The summed E-state index contributed by atoms with van der Waals surface area (Å²) < 4.78 is 10.6. The van der Waals surface area contributed by atoms with Crippen molar-refractivity contribution in [1.29, 1.82) is 0 Å². The zero-order valence-electron chi connectivity index (χ0n) is 15.2. The number of nitrogens with one attached hydrogen (secondary N) is 1. The summed E-state index contributed by atoms with van der Waals surface area (Å²) in [6.07, 6.45) is 2.95. The Kier molecular flexibility index (Phi) is 5.57. The van der Waals surface area contributed by atoms with E-state index in [4.69, 9.17) is 9.15 Å². The van der Waals surface area contributed by atoms with Gasteiger partial charge in [-0.25, -0.2) is 4.79 Å². The van der Waals surface area contributed by atoms with Gasteiger partial charge in [0.25, 0.3) is 5.91 Å². The number of furan rings is 1. The van der Waals surface area contributed by atoms with E-state index in [1.54, 1.807) is 26.8 Å². The topological polar surface area (TPSA) is 71.8 Å². The molecule has 1 aliphatic rings. The van der Waals surface area contributed by atoms with Crippen molar-refractivity contribution in [3.05, 3.63) is 23.7 Å². The lowest BCUT2D eigenvalue weighted by Crippen LogP contribution is -2.36. The molecular formula is C18H28N2O4. The first kappa shape index (κ1) is 18.4. The third kappa shape index (κ3) is 4.52. The minimum absolute atomic E-state index is 0.00142. The molecule has 1 N–H and O–H groups in total. The van der Waals surface area contributed by atoms with Crippen LogP contribution in [0.1, 0.15) is 63.6 Å². The van der Waals surface area contributed by atoms with E-state index < -0.39 is 11.7 Å². The van der Waals surface area contributed by atoms with Crippen LogP contribution in [0, 0.1) is 5.92 Å². The first-order valence-electron chi connectivity index (χ1n) is 8.56. The zero-order valence-corrected chi connectivity index (χ0v) is 15.2. The molecule has 0 saturated carbocycles. The molecule has 24 heavy (non-hydrogen) atoms. The van der Waals surface area contributed by atoms with Crippen LogP contribution in [-0.2, 0) is 11.3 Å². The summed E-state index contributed by atoms with van der Waals surface area (Å²) in [6, 6.07) is 1.98. The van der Waals surface area contributed by atoms with Gasteiger partial charge in [0.2, 0.25) is 0 Å². The Morgan fingerprint density at radius 3 is 2.75 bits per heavy atom. The second kappa shape index (κ2) is 7.28. The monoisotopic (exact) mass is 336 g/mol. The van der Waals surface area contributed by atoms with Crippen molar-refractivity contribution in [3.63, 3.8) is 0 Å². The van der Waals surface area contributed by atoms with Gasteiger partial charge in [-0.05, 0) is 45.6 Å². The summed E-state index contributed by atoms with van der Waals surface area (Å²) >= 11 is 0. The first-order chi connectivity index (χ1) is 11.2. The standard InChI is InChI=1S/C18H28N2O4/c1-6-15-12(2)7-8-20(15)16(21)13-9-14(23-11-13)10-19-17(22)24-18(3,4)5/h9,11-12,15H,6-8,10H2,1-5H3,(H,19,22)/t12-,15+/m1/s1. The summed E-state index contributed by atoms with van der Waals surface area (Å²) in [5.74, 6) is 1.06. The smallest absolute Gasteiger partial charge is 0.408 e. The van der Waals surface area contributed by atoms with Crippen LogP contribution in [0.15, 0.2) is 16.7 Å². The molecule has 0 spiro atoms. The Morgan fingerprint density at radius 1 is 1.42 bits per heavy atom. The van der Waals surface area contributed by atoms with Crippen molar-refractivity contribution in [2.75, 3.05) is 6.54 Å². The quantitative estimate of drug-likeness (QED) is 0.912. The summed E-state index contributed by atoms with van der Waals surface area (Å²) in [5, 5.41) is 2.62. The van der Waals surface area contributed by atoms with Gasteiger partial charge < -0.3 is 19.4 Å². The maximum atomic E-state index is 12.7. The Labute approximate surface area is 143 Å². The minimum atomic E-state index is -0.546. The number of hydrogen-bond acceptors (Lipinski definition) is 4. The number of carbonyl (C=O) groups is 2. The van der Waals surface area contributed by atoms with Crippen LogP contribution in [0.5, 0.6) is 0 Å². The van der Waals surface area contributed by atoms with Gasteiger partial charge in [-0.1, -0.05) is 13.8 Å². The van der Waals surface area contributed by atoms with E-state index in [0.717, 1.165) is 19.4 Å². The molecule has 2 atom stereocenters. The number of amides is 2. The number of alkyl carbamates (subject to hydrolysis) is 1. The number of likely N-dealkylation sites (tertiary alicyclic amines) is 1. The van der Waals surface area contributed by atoms with E-state index >= 15 is 0 Å². The summed E-state index contributed by atoms with van der Waals surface area (Å²) in [4.78, 5) is 26.2. The molecule has 0 aliphatic carbocycles. The molecule has 1 aromatic rings. The summed E-state index contributed by atoms with van der Waals surface area (Å²) in [5.41, 5.74) is -0.0146. The lowest BCUT2D eigenvalue weighted by Gasteiger charge is -2.25. The molecule has 2 heterocycles. The Morgan fingerprint density at radius 2 is 2.12 bits per heavy atom. The highest BCUT2D eigenvalue weighted by Gasteiger charge is 2.34. The van der Waals surface area contributed by atoms with E-state index in [0.29, 0.717) is 17.2 Å². The number of carbonyl (C=O) groups excluding carboxylic acids is 2. The fourth-order valence-electron chi connectivity index (χ4n) is 3.11. The highest BCUT2D eigenvalue weighted by atomic mass is 16.6. The van der Waals surface area contributed by atoms with Crippen molar-refractivity contribution < 1.29 is 18.7 Å². The molecule has 2 rings (SSSR count). The van der Waals surface area contributed by atoms with Crippen LogP contribution in [0.2, 0.25) is 0 Å². The molecular weight excluding hydrogens is 308 g/mol. The van der Waals surface area contributed by atoms with Crippen molar-refractivity contribution in [3.8, 4) is 0 Å². The zero-order chi connectivity index (χ0) is 17.9. The van der Waals surface area contributed by atoms with Gasteiger partial charge in [-0.3, -0.25) is 4.79 Å². The Balaban J connectivity index is 1.93. The molecule has 0 radical (unpaired) electrons. The summed E-state index contributed by atoms with van der Waals surface area (Å²) in [6.45, 7) is 10.7. The van der Waals surface area contributed by atoms with Gasteiger partial charge in [0.1, 0.15) is 17.6 Å². The average molecular weight is 336 g/mol. The summed E-state index contributed by atoms with van der Waals surface area (Å²) in [7, 11) is 0. The Bertz CT molecular complexity index is 588. The fourth-order valence-corrected chi connectivity index (χ4v) is 3.11. The van der Waals surface area contributed by atoms with Crippen LogP contribution < -0.4 is 5.32 Å². The molecule has 6 nitrogen and oxygen atoms in total. The molecule has 1 aromatic heterocycles. The predicted octanol–water partition coefficient (Wildman–Crippen LogP) is 3.56. The van der Waals surface area contributed by atoms with Crippen molar-refractivity contribution in [2.24, 2.45) is 5.92 Å². The third-order valence-electron chi connectivity index (χ3n) is 4.27. The van der Waals surface area contributed by atoms with E-state index in [1.807, 2.05) is 4.90 Å². The molecule has 134 valence electrons. The number of ether oxygens (including phenoxy) is 1. The maximum Gasteiger partial charge on any atom is 0.408 e. The Hall–Kier alpha value is -1.98. The van der Waals surface area contributed by atoms with Gasteiger partial charge in [0, 0.05) is 12.6 Å². The minimum Gasteiger partial charge on any atom is -0.467 e. The second-order valence-electron chi connectivity index (χ2n) is 7.40. The lowest BCUT2D eigenvalue weighted by atomic mass is 10.0. The molecule has 0 aromatic carbocycles. The van der Waals surface area contributed by atoms with Crippen molar-refractivity contribution >= 4 is 12.0 Å². The fraction of sp³-hybridized carbons (Fsp3) is 0.667. The predicted molar refractivity (Wildman–Crippen MR) is 90.7 cm³/mol. The van der Waals surface area contributed by atoms with E-state index in [1.165, 1.54) is 6.26 Å². The molecule has 2 amide bonds. The average Bonchev–Trinajstić information content (AvgIpc) is 3.09. The van der Waals surface area contributed by atoms with E-state index in [9.17, 15) is 9.59 Å². The van der Waals surface area contributed by atoms with Gasteiger partial charge in [-0.2, -0.15) is 0 Å². The maximum absolute atomic E-state index is 12.7. The third-order valence-corrected chi connectivity index (χ3v) is 4.27. The van der Waals surface area contributed by atoms with Gasteiger partial charge >= 0.3 is 6.09 Å². The number of rotatable bonds is 4. The van der Waals surface area contributed by atoms with Crippen LogP contribution in [0.4, 0.5) is 4.79 Å². The number of nitrogens with zero attached hydrogens (tertiary/aromatic N) is 1. The van der Waals surface area contributed by atoms with E-state index in [2.05, 4.69) is 19.2 Å². The van der Waals surface area contributed by atoms with Crippen molar-refractivity contribution in [1.82, 2.24) is 10.2 Å². The molecule has 1 fully saturated rings. The van der Waals surface area contributed by atoms with Gasteiger partial charge in [0.15, 0.2) is 0 Å². The van der Waals surface area contributed by atoms with Crippen LogP contribution >= 0.6 is 0 Å². The van der Waals surface area contributed by atoms with Crippen LogP contribution in [0.3, 0.4) is 0 Å². The number of hydrogen-bond donors (Lipinski definition) is 1. The lowest BCUT2D eigenvalue weighted by molar-refractivity contribution is 0.0519. The molecule has 1 aliphatic heterocycles. The van der Waals surface area contributed by atoms with Gasteiger partial charge in [0.05, 0.1) is 12.1 Å².